The van der Waals surface area contributed by atoms with Gasteiger partial charge in [0.15, 0.2) is 0 Å². The van der Waals surface area contributed by atoms with Crippen molar-refractivity contribution in [2.24, 2.45) is 0 Å². The Labute approximate surface area is 157 Å². The Morgan fingerprint density at radius 2 is 2.07 bits per heavy atom. The average Bonchev–Trinajstić information content (AvgIpc) is 3.43. The van der Waals surface area contributed by atoms with E-state index in [2.05, 4.69) is 10.1 Å². The highest BCUT2D eigenvalue weighted by Crippen LogP contribution is 2.39. The third-order valence-electron chi connectivity index (χ3n) is 5.32. The Kier molecular flexibility index (Phi) is 4.92. The van der Waals surface area contributed by atoms with Crippen LogP contribution in [0.1, 0.15) is 67.1 Å². The van der Waals surface area contributed by atoms with E-state index in [1.807, 2.05) is 17.0 Å². The number of hydrogen-bond donors (Lipinski definition) is 1. The van der Waals surface area contributed by atoms with Crippen LogP contribution in [0.25, 0.3) is 11.4 Å². The predicted molar refractivity (Wildman–Crippen MR) is 97.3 cm³/mol. The van der Waals surface area contributed by atoms with E-state index in [0.29, 0.717) is 36.2 Å². The molecule has 4 rings (SSSR count). The maximum Gasteiger partial charge on any atom is 0.303 e. The van der Waals surface area contributed by atoms with Crippen LogP contribution in [0, 0.1) is 0 Å². The molecule has 1 amide bonds. The molecule has 2 fully saturated rings. The van der Waals surface area contributed by atoms with Gasteiger partial charge in [-0.2, -0.15) is 4.98 Å². The number of carboxylic acids is 1. The second-order valence-corrected chi connectivity index (χ2v) is 7.39. The fraction of sp³-hybridized carbons (Fsp3) is 0.500. The second kappa shape index (κ2) is 7.50. The molecule has 1 saturated carbocycles. The highest BCUT2D eigenvalue weighted by molar-refractivity contribution is 5.95. The summed E-state index contributed by atoms with van der Waals surface area (Å²) >= 11 is 0. The molecule has 1 aliphatic carbocycles. The molecule has 1 saturated heterocycles. The number of hydrogen-bond acceptors (Lipinski definition) is 5. The smallest absolute Gasteiger partial charge is 0.303 e. The van der Waals surface area contributed by atoms with Crippen LogP contribution in [0.15, 0.2) is 28.8 Å². The molecule has 2 aliphatic rings. The molecule has 1 N–H and O–H groups in total. The number of carbonyl (C=O) groups excluding carboxylic acids is 1. The van der Waals surface area contributed by atoms with Gasteiger partial charge in [0.25, 0.3) is 5.91 Å². The summed E-state index contributed by atoms with van der Waals surface area (Å²) < 4.78 is 5.32. The molecule has 7 heteroatoms. The molecule has 1 aromatic heterocycles. The van der Waals surface area contributed by atoms with Gasteiger partial charge < -0.3 is 14.5 Å². The van der Waals surface area contributed by atoms with Crippen LogP contribution in [0.3, 0.4) is 0 Å². The van der Waals surface area contributed by atoms with Crippen molar-refractivity contribution in [3.8, 4) is 11.4 Å². The lowest BCUT2D eigenvalue weighted by Gasteiger charge is -2.35. The molecule has 142 valence electrons. The second-order valence-electron chi connectivity index (χ2n) is 7.39. The quantitative estimate of drug-likeness (QED) is 0.837. The molecule has 1 aliphatic heterocycles. The summed E-state index contributed by atoms with van der Waals surface area (Å²) in [6.07, 6.45) is 5.59. The first-order valence-electron chi connectivity index (χ1n) is 9.58. The van der Waals surface area contributed by atoms with Crippen LogP contribution in [0.2, 0.25) is 0 Å². The molecule has 0 spiro atoms. The van der Waals surface area contributed by atoms with E-state index < -0.39 is 5.97 Å². The molecule has 1 unspecified atom stereocenters. The normalized spacial score (nSPS) is 19.9. The number of amides is 1. The Morgan fingerprint density at radius 1 is 1.22 bits per heavy atom. The number of benzene rings is 1. The molecule has 0 radical (unpaired) electrons. The number of aliphatic carboxylic acids is 1. The molecular formula is C20H23N3O4. The summed E-state index contributed by atoms with van der Waals surface area (Å²) in [5.41, 5.74) is 1.34. The van der Waals surface area contributed by atoms with Gasteiger partial charge in [-0.25, -0.2) is 0 Å². The number of aromatic nitrogens is 2. The number of piperidine rings is 1. The molecule has 2 aromatic rings. The third kappa shape index (κ3) is 4.02. The van der Waals surface area contributed by atoms with Crippen molar-refractivity contribution in [2.45, 2.75) is 56.9 Å². The zero-order valence-electron chi connectivity index (χ0n) is 15.1. The van der Waals surface area contributed by atoms with Crippen LogP contribution in [-0.2, 0) is 4.79 Å². The molecule has 1 aromatic carbocycles. The first-order valence-corrected chi connectivity index (χ1v) is 9.58. The van der Waals surface area contributed by atoms with Crippen LogP contribution in [-0.4, -0.2) is 44.6 Å². The van der Waals surface area contributed by atoms with Crippen molar-refractivity contribution in [2.75, 3.05) is 6.54 Å². The Balaban J connectivity index is 1.52. The minimum absolute atomic E-state index is 0.0161. The van der Waals surface area contributed by atoms with Gasteiger partial charge in [0.05, 0.1) is 0 Å². The van der Waals surface area contributed by atoms with E-state index in [9.17, 15) is 9.59 Å². The Hall–Kier alpha value is -2.70. The number of rotatable bonds is 6. The first kappa shape index (κ1) is 17.7. The van der Waals surface area contributed by atoms with E-state index in [1.54, 1.807) is 12.1 Å². The number of carbonyl (C=O) groups is 2. The van der Waals surface area contributed by atoms with E-state index in [1.165, 1.54) is 0 Å². The number of carboxylic acid groups (broad SMARTS) is 1. The van der Waals surface area contributed by atoms with Crippen molar-refractivity contribution < 1.29 is 19.2 Å². The zero-order chi connectivity index (χ0) is 18.8. The minimum Gasteiger partial charge on any atom is -0.481 e. The van der Waals surface area contributed by atoms with Crippen molar-refractivity contribution in [3.05, 3.63) is 35.7 Å². The van der Waals surface area contributed by atoms with Crippen LogP contribution >= 0.6 is 0 Å². The van der Waals surface area contributed by atoms with Gasteiger partial charge in [-0.1, -0.05) is 17.3 Å². The van der Waals surface area contributed by atoms with E-state index in [0.717, 1.165) is 37.7 Å². The summed E-state index contributed by atoms with van der Waals surface area (Å²) in [7, 11) is 0. The van der Waals surface area contributed by atoms with Crippen LogP contribution < -0.4 is 0 Å². The number of likely N-dealkylation sites (tertiary alicyclic amines) is 1. The maximum atomic E-state index is 13.1. The standard InChI is InChI=1S/C20H23N3O4/c24-17(25)10-9-16-6-1-2-11-23(16)20(26)15-5-3-4-14(12-15)18-21-19(27-22-18)13-7-8-13/h3-5,12-13,16H,1-2,6-11H2,(H,24,25). The SMILES string of the molecule is O=C(O)CCC1CCCCN1C(=O)c1cccc(-c2noc(C3CC3)n2)c1. The van der Waals surface area contributed by atoms with E-state index in [4.69, 9.17) is 9.63 Å². The lowest BCUT2D eigenvalue weighted by atomic mass is 9.96. The van der Waals surface area contributed by atoms with Crippen molar-refractivity contribution in [3.63, 3.8) is 0 Å². The molecule has 1 atom stereocenters. The molecule has 2 heterocycles. The highest BCUT2D eigenvalue weighted by Gasteiger charge is 2.30. The Morgan fingerprint density at radius 3 is 2.85 bits per heavy atom. The monoisotopic (exact) mass is 369 g/mol. The maximum absolute atomic E-state index is 13.1. The van der Waals surface area contributed by atoms with E-state index >= 15 is 0 Å². The van der Waals surface area contributed by atoms with Gasteiger partial charge in [0.1, 0.15) is 0 Å². The molecular weight excluding hydrogens is 346 g/mol. The van der Waals surface area contributed by atoms with Gasteiger partial charge >= 0.3 is 5.97 Å². The van der Waals surface area contributed by atoms with Gasteiger partial charge in [-0.3, -0.25) is 9.59 Å². The fourth-order valence-electron chi connectivity index (χ4n) is 3.66. The van der Waals surface area contributed by atoms with Gasteiger partial charge in [-0.15, -0.1) is 0 Å². The van der Waals surface area contributed by atoms with Gasteiger partial charge in [-0.05, 0) is 50.7 Å². The summed E-state index contributed by atoms with van der Waals surface area (Å²) in [5, 5.41) is 13.0. The molecule has 27 heavy (non-hydrogen) atoms. The number of nitrogens with zero attached hydrogens (tertiary/aromatic N) is 3. The summed E-state index contributed by atoms with van der Waals surface area (Å²) in [5.74, 6) is 0.690. The first-order chi connectivity index (χ1) is 13.1. The molecule has 7 nitrogen and oxygen atoms in total. The third-order valence-corrected chi connectivity index (χ3v) is 5.32. The molecule has 0 bridgehead atoms. The predicted octanol–water partition coefficient (Wildman–Crippen LogP) is 3.47. The van der Waals surface area contributed by atoms with Gasteiger partial charge in [0.2, 0.25) is 11.7 Å². The fourth-order valence-corrected chi connectivity index (χ4v) is 3.66. The summed E-state index contributed by atoms with van der Waals surface area (Å²) in [6.45, 7) is 0.668. The van der Waals surface area contributed by atoms with E-state index in [-0.39, 0.29) is 18.4 Å². The van der Waals surface area contributed by atoms with Crippen LogP contribution in [0.5, 0.6) is 0 Å². The Bertz CT molecular complexity index is 843. The van der Waals surface area contributed by atoms with Crippen LogP contribution in [0.4, 0.5) is 0 Å². The largest absolute Gasteiger partial charge is 0.481 e. The summed E-state index contributed by atoms with van der Waals surface area (Å²) in [4.78, 5) is 30.3. The van der Waals surface area contributed by atoms with Crippen molar-refractivity contribution in [1.82, 2.24) is 15.0 Å². The lowest BCUT2D eigenvalue weighted by molar-refractivity contribution is -0.137. The average molecular weight is 369 g/mol. The zero-order valence-corrected chi connectivity index (χ0v) is 15.1. The highest BCUT2D eigenvalue weighted by atomic mass is 16.5. The minimum atomic E-state index is -0.821. The van der Waals surface area contributed by atoms with Gasteiger partial charge in [0, 0.05) is 36.1 Å². The summed E-state index contributed by atoms with van der Waals surface area (Å²) in [6, 6.07) is 7.27. The van der Waals surface area contributed by atoms with Crippen molar-refractivity contribution in [1.29, 1.82) is 0 Å². The van der Waals surface area contributed by atoms with Crippen molar-refractivity contribution >= 4 is 11.9 Å². The lowest BCUT2D eigenvalue weighted by Crippen LogP contribution is -2.44. The topological polar surface area (TPSA) is 96.5 Å².